The van der Waals surface area contributed by atoms with Crippen LogP contribution in [0.1, 0.15) is 37.6 Å². The summed E-state index contributed by atoms with van der Waals surface area (Å²) in [6.07, 6.45) is -3.80. The van der Waals surface area contributed by atoms with E-state index in [4.69, 9.17) is 5.73 Å². The monoisotopic (exact) mass is 445 g/mol. The van der Waals surface area contributed by atoms with Crippen LogP contribution in [0.15, 0.2) is 54.6 Å². The van der Waals surface area contributed by atoms with Crippen molar-refractivity contribution in [1.82, 2.24) is 9.78 Å². The molecule has 0 fully saturated rings. The van der Waals surface area contributed by atoms with Crippen molar-refractivity contribution in [1.29, 1.82) is 0 Å². The average molecular weight is 445 g/mol. The zero-order chi connectivity index (χ0) is 23.5. The van der Waals surface area contributed by atoms with Crippen molar-refractivity contribution in [2.45, 2.75) is 38.8 Å². The Morgan fingerprint density at radius 3 is 2.41 bits per heavy atom. The minimum absolute atomic E-state index is 0.0318. The largest absolute Gasteiger partial charge is 0.416 e. The first kappa shape index (κ1) is 23.3. The van der Waals surface area contributed by atoms with E-state index >= 15 is 0 Å². The van der Waals surface area contributed by atoms with E-state index < -0.39 is 17.8 Å². The zero-order valence-electron chi connectivity index (χ0n) is 18.1. The zero-order valence-corrected chi connectivity index (χ0v) is 18.1. The van der Waals surface area contributed by atoms with Crippen molar-refractivity contribution in [2.24, 2.45) is 5.73 Å². The Kier molecular flexibility index (Phi) is 6.59. The normalized spacial score (nSPS) is 12.0. The topological polar surface area (TPSA) is 85.0 Å². The second kappa shape index (κ2) is 9.04. The summed E-state index contributed by atoms with van der Waals surface area (Å²) in [5.41, 5.74) is 7.07. The van der Waals surface area contributed by atoms with Crippen LogP contribution in [0.5, 0.6) is 0 Å². The lowest BCUT2D eigenvalue weighted by atomic mass is 9.92. The predicted octanol–water partition coefficient (Wildman–Crippen LogP) is 5.33. The van der Waals surface area contributed by atoms with Gasteiger partial charge >= 0.3 is 12.2 Å². The average Bonchev–Trinajstić information content (AvgIpc) is 3.12. The highest BCUT2D eigenvalue weighted by Gasteiger charge is 2.30. The molecule has 0 bridgehead atoms. The number of aromatic nitrogens is 2. The summed E-state index contributed by atoms with van der Waals surface area (Å²) in [6.45, 7) is 6.49. The van der Waals surface area contributed by atoms with Crippen LogP contribution in [-0.4, -0.2) is 22.4 Å². The number of carbonyl (C=O) groups is 1. The number of nitrogens with zero attached hydrogens (tertiary/aromatic N) is 2. The van der Waals surface area contributed by atoms with Gasteiger partial charge in [-0.25, -0.2) is 9.48 Å². The lowest BCUT2D eigenvalue weighted by Crippen LogP contribution is -2.21. The van der Waals surface area contributed by atoms with E-state index in [9.17, 15) is 18.0 Å². The summed E-state index contributed by atoms with van der Waals surface area (Å²) < 4.78 is 40.4. The molecule has 32 heavy (non-hydrogen) atoms. The van der Waals surface area contributed by atoms with Crippen LogP contribution >= 0.6 is 0 Å². The van der Waals surface area contributed by atoms with Crippen LogP contribution in [0.3, 0.4) is 0 Å². The van der Waals surface area contributed by atoms with Crippen LogP contribution in [0.2, 0.25) is 0 Å². The molecule has 1 heterocycles. The molecule has 6 nitrogen and oxygen atoms in total. The first-order valence-electron chi connectivity index (χ1n) is 10.1. The van der Waals surface area contributed by atoms with Crippen LogP contribution < -0.4 is 16.4 Å². The van der Waals surface area contributed by atoms with Crippen LogP contribution in [0.25, 0.3) is 5.69 Å². The van der Waals surface area contributed by atoms with E-state index in [-0.39, 0.29) is 11.1 Å². The third kappa shape index (κ3) is 5.67. The molecule has 170 valence electrons. The predicted molar refractivity (Wildman–Crippen MR) is 119 cm³/mol. The van der Waals surface area contributed by atoms with Crippen molar-refractivity contribution in [2.75, 3.05) is 17.2 Å². The molecule has 0 aliphatic carbocycles. The summed E-state index contributed by atoms with van der Waals surface area (Å²) >= 11 is 0. The minimum Gasteiger partial charge on any atom is -0.330 e. The Labute approximate surface area is 184 Å². The summed E-state index contributed by atoms with van der Waals surface area (Å²) in [5, 5.41) is 9.81. The van der Waals surface area contributed by atoms with Crippen LogP contribution in [0.4, 0.5) is 29.5 Å². The fourth-order valence-electron chi connectivity index (χ4n) is 3.10. The molecule has 2 aromatic carbocycles. The smallest absolute Gasteiger partial charge is 0.330 e. The molecule has 0 atom stereocenters. The van der Waals surface area contributed by atoms with Crippen molar-refractivity contribution >= 4 is 17.5 Å². The lowest BCUT2D eigenvalue weighted by molar-refractivity contribution is -0.137. The lowest BCUT2D eigenvalue weighted by Gasteiger charge is -2.14. The number of nitrogens with one attached hydrogen (secondary N) is 2. The molecule has 3 rings (SSSR count). The van der Waals surface area contributed by atoms with Gasteiger partial charge in [0.2, 0.25) is 0 Å². The van der Waals surface area contributed by atoms with Crippen molar-refractivity contribution in [3.05, 3.63) is 71.4 Å². The van der Waals surface area contributed by atoms with E-state index in [1.807, 2.05) is 45.0 Å². The second-order valence-electron chi connectivity index (χ2n) is 8.44. The van der Waals surface area contributed by atoms with Crippen molar-refractivity contribution in [3.8, 4) is 5.69 Å². The van der Waals surface area contributed by atoms with Crippen molar-refractivity contribution in [3.63, 3.8) is 0 Å². The van der Waals surface area contributed by atoms with Gasteiger partial charge in [0.15, 0.2) is 0 Å². The summed E-state index contributed by atoms with van der Waals surface area (Å²) in [6, 6.07) is 13.2. The highest BCUT2D eigenvalue weighted by Crippen LogP contribution is 2.31. The van der Waals surface area contributed by atoms with Gasteiger partial charge in [0.25, 0.3) is 0 Å². The first-order chi connectivity index (χ1) is 15.0. The quantitative estimate of drug-likeness (QED) is 0.496. The van der Waals surface area contributed by atoms with Gasteiger partial charge in [-0.15, -0.1) is 0 Å². The number of anilines is 2. The molecule has 0 saturated carbocycles. The van der Waals surface area contributed by atoms with E-state index in [0.29, 0.717) is 18.8 Å². The number of halogens is 3. The van der Waals surface area contributed by atoms with Crippen LogP contribution in [0, 0.1) is 0 Å². The number of alkyl halides is 3. The molecule has 1 aromatic heterocycles. The fourth-order valence-corrected chi connectivity index (χ4v) is 3.10. The van der Waals surface area contributed by atoms with Gasteiger partial charge in [0, 0.05) is 17.2 Å². The Hall–Kier alpha value is -3.33. The van der Waals surface area contributed by atoms with Crippen LogP contribution in [-0.2, 0) is 18.0 Å². The Balaban J connectivity index is 1.89. The van der Waals surface area contributed by atoms with Gasteiger partial charge in [-0.3, -0.25) is 5.32 Å². The Morgan fingerprint density at radius 1 is 1.03 bits per heavy atom. The van der Waals surface area contributed by atoms with Gasteiger partial charge in [-0.1, -0.05) is 39.0 Å². The molecule has 0 spiro atoms. The molecule has 0 aliphatic heterocycles. The fraction of sp³-hybridized carbons (Fsp3) is 0.304. The number of nitrogens with two attached hydrogens (primary N) is 1. The molecule has 0 aliphatic rings. The molecule has 0 unspecified atom stereocenters. The maximum atomic E-state index is 12.9. The number of benzene rings is 2. The SMILES string of the molecule is CC(C)(C)c1cc(NC(=O)Nc2cccc(C(F)(F)F)c2)n(-c2cccc(CCN)c2)n1. The number of urea groups is 1. The third-order valence-corrected chi connectivity index (χ3v) is 4.76. The molecule has 2 amide bonds. The first-order valence-corrected chi connectivity index (χ1v) is 10.1. The highest BCUT2D eigenvalue weighted by atomic mass is 19.4. The van der Waals surface area contributed by atoms with Gasteiger partial charge in [-0.2, -0.15) is 18.3 Å². The van der Waals surface area contributed by atoms with Gasteiger partial charge in [0.05, 0.1) is 16.9 Å². The molecular weight excluding hydrogens is 419 g/mol. The van der Waals surface area contributed by atoms with Gasteiger partial charge in [-0.05, 0) is 48.9 Å². The maximum absolute atomic E-state index is 12.9. The van der Waals surface area contributed by atoms with E-state index in [1.165, 1.54) is 12.1 Å². The molecule has 0 saturated heterocycles. The number of rotatable bonds is 5. The van der Waals surface area contributed by atoms with E-state index in [1.54, 1.807) is 10.7 Å². The molecule has 4 N–H and O–H groups in total. The summed E-state index contributed by atoms with van der Waals surface area (Å²) in [4.78, 5) is 12.6. The number of hydrogen-bond donors (Lipinski definition) is 3. The molecule has 9 heteroatoms. The number of hydrogen-bond acceptors (Lipinski definition) is 3. The molecule has 0 radical (unpaired) electrons. The number of carbonyl (C=O) groups excluding carboxylic acids is 1. The van der Waals surface area contributed by atoms with E-state index in [2.05, 4.69) is 15.7 Å². The summed E-state index contributed by atoms with van der Waals surface area (Å²) in [5.74, 6) is 0.393. The third-order valence-electron chi connectivity index (χ3n) is 4.76. The van der Waals surface area contributed by atoms with Gasteiger partial charge < -0.3 is 11.1 Å². The molecule has 3 aromatic rings. The van der Waals surface area contributed by atoms with Crippen molar-refractivity contribution < 1.29 is 18.0 Å². The standard InChI is InChI=1S/C23H26F3N5O/c1-22(2,3)19-14-20(31(30-19)18-9-4-6-15(12-18)10-11-27)29-21(32)28-17-8-5-7-16(13-17)23(24,25)26/h4-9,12-14H,10-11,27H2,1-3H3,(H2,28,29,32). The van der Waals surface area contributed by atoms with Gasteiger partial charge in [0.1, 0.15) is 5.82 Å². The second-order valence-corrected chi connectivity index (χ2v) is 8.44. The minimum atomic E-state index is -4.50. The summed E-state index contributed by atoms with van der Waals surface area (Å²) in [7, 11) is 0. The van der Waals surface area contributed by atoms with E-state index in [0.717, 1.165) is 29.1 Å². The number of amides is 2. The Bertz CT molecular complexity index is 1100. The molecular formula is C23H26F3N5O. The highest BCUT2D eigenvalue weighted by molar-refractivity contribution is 5.99. The maximum Gasteiger partial charge on any atom is 0.416 e. The Morgan fingerprint density at radius 2 is 1.75 bits per heavy atom.